The zero-order chi connectivity index (χ0) is 17.3. The number of rotatable bonds is 4. The number of carbonyl (C=O) groups is 1. The second kappa shape index (κ2) is 8.06. The molecule has 1 aromatic carbocycles. The molecule has 0 radical (unpaired) electrons. The number of pyridine rings is 1. The number of nitrogens with one attached hydrogen (secondary N) is 2. The Balaban J connectivity index is 0.00000225. The Morgan fingerprint density at radius 1 is 1.32 bits per heavy atom. The summed E-state index contributed by atoms with van der Waals surface area (Å²) in [5, 5.41) is 3.95. The molecule has 2 heterocycles. The highest BCUT2D eigenvalue weighted by Crippen LogP contribution is 2.22. The van der Waals surface area contributed by atoms with Crippen LogP contribution in [0.25, 0.3) is 10.9 Å². The lowest BCUT2D eigenvalue weighted by Gasteiger charge is -2.23. The summed E-state index contributed by atoms with van der Waals surface area (Å²) in [6, 6.07) is 6.01. The summed E-state index contributed by atoms with van der Waals surface area (Å²) < 4.78 is 0. The van der Waals surface area contributed by atoms with Crippen LogP contribution in [0, 0.1) is 13.8 Å². The molecule has 1 aliphatic heterocycles. The van der Waals surface area contributed by atoms with Crippen molar-refractivity contribution >= 4 is 30.3 Å². The lowest BCUT2D eigenvalue weighted by Crippen LogP contribution is -2.43. The molecule has 6 heteroatoms. The van der Waals surface area contributed by atoms with Crippen LogP contribution in [0.3, 0.4) is 0 Å². The van der Waals surface area contributed by atoms with Crippen molar-refractivity contribution in [2.75, 3.05) is 13.1 Å². The van der Waals surface area contributed by atoms with E-state index in [4.69, 9.17) is 0 Å². The van der Waals surface area contributed by atoms with Gasteiger partial charge in [-0.05, 0) is 63.2 Å². The van der Waals surface area contributed by atoms with Crippen molar-refractivity contribution in [1.29, 1.82) is 0 Å². The molecule has 0 spiro atoms. The first kappa shape index (κ1) is 19.5. The first-order chi connectivity index (χ1) is 11.5. The lowest BCUT2D eigenvalue weighted by molar-refractivity contribution is -0.125. The number of carbonyl (C=O) groups excluding carboxylic acids is 1. The molecule has 1 saturated heterocycles. The number of nitrogens with zero attached hydrogens (tertiary/aromatic N) is 1. The highest BCUT2D eigenvalue weighted by molar-refractivity contribution is 7.59. The molecule has 1 amide bonds. The van der Waals surface area contributed by atoms with Gasteiger partial charge in [-0.3, -0.25) is 14.5 Å². The number of likely N-dealkylation sites (tertiary alicyclic amines) is 1. The largest absolute Gasteiger partial charge is 0.355 e. The van der Waals surface area contributed by atoms with E-state index in [2.05, 4.69) is 34.3 Å². The fraction of sp³-hybridized carbons (Fsp3) is 0.474. The number of H-pyrrole nitrogens is 1. The van der Waals surface area contributed by atoms with Gasteiger partial charge >= 0.3 is 0 Å². The molecule has 1 atom stereocenters. The fourth-order valence-corrected chi connectivity index (χ4v) is 3.67. The molecular weight excluding hydrogens is 334 g/mol. The smallest absolute Gasteiger partial charge is 0.252 e. The van der Waals surface area contributed by atoms with Crippen molar-refractivity contribution in [2.24, 2.45) is 0 Å². The van der Waals surface area contributed by atoms with Crippen LogP contribution >= 0.6 is 13.5 Å². The normalized spacial score (nSPS) is 17.5. The second-order valence-electron chi connectivity index (χ2n) is 6.69. The highest BCUT2D eigenvalue weighted by atomic mass is 32.1. The van der Waals surface area contributed by atoms with E-state index in [-0.39, 0.29) is 31.0 Å². The summed E-state index contributed by atoms with van der Waals surface area (Å²) >= 11 is 0. The monoisotopic (exact) mass is 361 g/mol. The van der Waals surface area contributed by atoms with Crippen LogP contribution in [0.4, 0.5) is 0 Å². The minimum Gasteiger partial charge on any atom is -0.355 e. The lowest BCUT2D eigenvalue weighted by atomic mass is 10.0. The van der Waals surface area contributed by atoms with Crippen molar-refractivity contribution in [3.8, 4) is 0 Å². The van der Waals surface area contributed by atoms with Gasteiger partial charge in [-0.2, -0.15) is 13.5 Å². The molecule has 0 bridgehead atoms. The highest BCUT2D eigenvalue weighted by Gasteiger charge is 2.30. The van der Waals surface area contributed by atoms with Gasteiger partial charge in [0.15, 0.2) is 0 Å². The molecular formula is C19H27N3O2S. The van der Waals surface area contributed by atoms with E-state index < -0.39 is 0 Å². The maximum absolute atomic E-state index is 12.5. The van der Waals surface area contributed by atoms with Crippen molar-refractivity contribution in [3.63, 3.8) is 0 Å². The van der Waals surface area contributed by atoms with Gasteiger partial charge in [-0.1, -0.05) is 11.6 Å². The number of aromatic amines is 1. The van der Waals surface area contributed by atoms with Crippen LogP contribution in [0.5, 0.6) is 0 Å². The summed E-state index contributed by atoms with van der Waals surface area (Å²) in [6.07, 6.45) is 1.85. The topological polar surface area (TPSA) is 65.2 Å². The number of hydrogen-bond acceptors (Lipinski definition) is 3. The van der Waals surface area contributed by atoms with E-state index in [9.17, 15) is 9.59 Å². The summed E-state index contributed by atoms with van der Waals surface area (Å²) in [6.45, 7) is 8.00. The van der Waals surface area contributed by atoms with Crippen LogP contribution in [0.2, 0.25) is 0 Å². The molecule has 0 aliphatic carbocycles. The third-order valence-electron chi connectivity index (χ3n) is 4.76. The predicted octanol–water partition coefficient (Wildman–Crippen LogP) is 2.36. The summed E-state index contributed by atoms with van der Waals surface area (Å²) in [7, 11) is 0. The molecule has 136 valence electrons. The molecule has 0 saturated carbocycles. The van der Waals surface area contributed by atoms with Crippen LogP contribution in [0.1, 0.15) is 36.5 Å². The van der Waals surface area contributed by atoms with Crippen LogP contribution in [-0.2, 0) is 11.3 Å². The Morgan fingerprint density at radius 2 is 2.08 bits per heavy atom. The molecule has 2 aromatic rings. The van der Waals surface area contributed by atoms with Crippen LogP contribution in [-0.4, -0.2) is 34.9 Å². The Labute approximate surface area is 155 Å². The number of aryl methyl sites for hydroxylation is 2. The van der Waals surface area contributed by atoms with Gasteiger partial charge in [-0.25, -0.2) is 0 Å². The quantitative estimate of drug-likeness (QED) is 0.879. The minimum absolute atomic E-state index is 0. The predicted molar refractivity (Wildman–Crippen MR) is 107 cm³/mol. The average molecular weight is 362 g/mol. The van der Waals surface area contributed by atoms with Crippen LogP contribution < -0.4 is 10.9 Å². The second-order valence-corrected chi connectivity index (χ2v) is 6.69. The van der Waals surface area contributed by atoms with E-state index in [0.717, 1.165) is 41.4 Å². The zero-order valence-corrected chi connectivity index (χ0v) is 16.1. The van der Waals surface area contributed by atoms with E-state index in [1.54, 1.807) is 0 Å². The molecule has 2 N–H and O–H groups in total. The zero-order valence-electron chi connectivity index (χ0n) is 15.1. The van der Waals surface area contributed by atoms with Gasteiger partial charge in [0.1, 0.15) is 0 Å². The van der Waals surface area contributed by atoms with Gasteiger partial charge < -0.3 is 10.3 Å². The van der Waals surface area contributed by atoms with Gasteiger partial charge in [-0.15, -0.1) is 0 Å². The molecule has 1 aliphatic rings. The van der Waals surface area contributed by atoms with E-state index in [1.165, 1.54) is 5.56 Å². The fourth-order valence-electron chi connectivity index (χ4n) is 3.67. The first-order valence-electron chi connectivity index (χ1n) is 8.64. The SMILES string of the molecule is CCNC(=O)[C@@H]1CCCN1Cc1cc2cc(C)cc(C)c2[nH]c1=O.S. The van der Waals surface area contributed by atoms with Gasteiger partial charge in [0.2, 0.25) is 5.91 Å². The molecule has 0 unspecified atom stereocenters. The van der Waals surface area contributed by atoms with Crippen molar-refractivity contribution in [1.82, 2.24) is 15.2 Å². The standard InChI is InChI=1S/C19H25N3O2.H2S/c1-4-20-19(24)16-6-5-7-22(16)11-15-10-14-9-12(2)8-13(3)17(14)21-18(15)23;/h8-10,16H,4-7,11H2,1-3H3,(H,20,24)(H,21,23);1H2/t16-;/m0./s1. The number of benzene rings is 1. The van der Waals surface area contributed by atoms with E-state index in [1.807, 2.05) is 19.9 Å². The third-order valence-corrected chi connectivity index (χ3v) is 4.76. The Morgan fingerprint density at radius 3 is 2.80 bits per heavy atom. The third kappa shape index (κ3) is 4.07. The summed E-state index contributed by atoms with van der Waals surface area (Å²) in [5.74, 6) is 0.0684. The van der Waals surface area contributed by atoms with Crippen molar-refractivity contribution in [2.45, 2.75) is 46.2 Å². The Bertz CT molecular complexity index is 831. The van der Waals surface area contributed by atoms with Crippen LogP contribution in [0.15, 0.2) is 23.0 Å². The molecule has 1 aromatic heterocycles. The molecule has 5 nitrogen and oxygen atoms in total. The summed E-state index contributed by atoms with van der Waals surface area (Å²) in [4.78, 5) is 29.8. The number of likely N-dealkylation sites (N-methyl/N-ethyl adjacent to an activating group) is 1. The molecule has 1 fully saturated rings. The Kier molecular flexibility index (Phi) is 6.30. The van der Waals surface area contributed by atoms with E-state index >= 15 is 0 Å². The van der Waals surface area contributed by atoms with Crippen molar-refractivity contribution in [3.05, 3.63) is 45.2 Å². The maximum Gasteiger partial charge on any atom is 0.252 e. The minimum atomic E-state index is -0.126. The maximum atomic E-state index is 12.5. The number of hydrogen-bond donors (Lipinski definition) is 2. The summed E-state index contributed by atoms with van der Waals surface area (Å²) in [5.41, 5.74) is 3.82. The van der Waals surface area contributed by atoms with Gasteiger partial charge in [0, 0.05) is 18.7 Å². The average Bonchev–Trinajstić information content (AvgIpc) is 2.97. The van der Waals surface area contributed by atoms with Gasteiger partial charge in [0.25, 0.3) is 5.56 Å². The number of fused-ring (bicyclic) bond motifs is 1. The van der Waals surface area contributed by atoms with Gasteiger partial charge in [0.05, 0.1) is 11.6 Å². The number of amides is 1. The molecule has 25 heavy (non-hydrogen) atoms. The Hall–Kier alpha value is -1.79. The number of aromatic nitrogens is 1. The first-order valence-corrected chi connectivity index (χ1v) is 8.64. The van der Waals surface area contributed by atoms with E-state index in [0.29, 0.717) is 13.1 Å². The molecule has 3 rings (SSSR count). The van der Waals surface area contributed by atoms with Crippen molar-refractivity contribution < 1.29 is 4.79 Å².